The Labute approximate surface area is 849 Å². The molecule has 28 aromatic rings. The summed E-state index contributed by atoms with van der Waals surface area (Å²) in [4.78, 5) is 20.9. The lowest BCUT2D eigenvalue weighted by molar-refractivity contribution is 0.593. The summed E-state index contributed by atoms with van der Waals surface area (Å²) in [6.07, 6.45) is 3.68. The van der Waals surface area contributed by atoms with Crippen LogP contribution >= 0.6 is 0 Å². The number of hydrogen-bond donors (Lipinski definition) is 0. The molecule has 31 rings (SSSR count). The Hall–Kier alpha value is -18.7. The van der Waals surface area contributed by atoms with Gasteiger partial charge in [0, 0.05) is 34.6 Å². The average molecular weight is 1960 g/mol. The van der Waals surface area contributed by atoms with Crippen molar-refractivity contribution in [3.05, 3.63) is 480 Å². The molecule has 0 atom stereocenters. The Morgan fingerprint density at radius 2 is 0.419 bits per heavy atom. The van der Waals surface area contributed by atoms with Crippen molar-refractivity contribution < 1.29 is 25.3 Å². The van der Waals surface area contributed by atoms with Crippen LogP contribution in [0.15, 0.2) is 509 Å². The molecule has 0 amide bonds. The molecule has 0 radical (unpaired) electrons. The van der Waals surface area contributed by atoms with Crippen LogP contribution in [0.3, 0.4) is 0 Å². The molecule has 0 unspecified atom stereocenters. The second kappa shape index (κ2) is 33.2. The van der Waals surface area contributed by atoms with Crippen molar-refractivity contribution in [3.63, 3.8) is 0 Å². The first-order valence-electron chi connectivity index (χ1n) is 49.2. The van der Waals surface area contributed by atoms with Gasteiger partial charge in [-0.1, -0.05) is 376 Å². The van der Waals surface area contributed by atoms with E-state index in [2.05, 4.69) is 254 Å². The number of imidazole rings is 3. The fraction of sp³-hybridized carbons (Fsp3) is 0. The molecule has 7 heterocycles. The highest BCUT2D eigenvalue weighted by Crippen LogP contribution is 2.54. The molecule has 0 fully saturated rings. The van der Waals surface area contributed by atoms with E-state index >= 15 is 0 Å². The molecule has 3 aliphatic heterocycles. The lowest BCUT2D eigenvalue weighted by Gasteiger charge is -2.23. The number of rotatable bonds is 9. The van der Waals surface area contributed by atoms with Gasteiger partial charge in [0.25, 0.3) is 0 Å². The van der Waals surface area contributed by atoms with E-state index in [-0.39, 0.29) is 29.4 Å². The molecule has 13 nitrogen and oxygen atoms in total. The highest BCUT2D eigenvalue weighted by Gasteiger charge is 2.39. The second-order valence-electron chi connectivity index (χ2n) is 38.1. The fourth-order valence-corrected chi connectivity index (χ4v) is 28.6. The third-order valence-corrected chi connectivity index (χ3v) is 35.5. The van der Waals surface area contributed by atoms with Gasteiger partial charge in [-0.05, 0) is 260 Å². The van der Waals surface area contributed by atoms with E-state index in [0.29, 0.717) is 56.0 Å². The maximum Gasteiger partial charge on any atom is 0.210 e. The molecule has 0 bridgehead atoms. The van der Waals surface area contributed by atoms with Gasteiger partial charge in [-0.15, -0.1) is 0 Å². The monoisotopic (exact) mass is 1950 g/mol. The van der Waals surface area contributed by atoms with Gasteiger partial charge >= 0.3 is 0 Å². The third kappa shape index (κ3) is 13.1. The van der Waals surface area contributed by atoms with E-state index in [4.69, 9.17) is 15.0 Å². The summed E-state index contributed by atoms with van der Waals surface area (Å²) >= 11 is 0. The summed E-state index contributed by atoms with van der Waals surface area (Å²) in [7, 11) is -11.6. The Balaban J connectivity index is 0.000000105. The zero-order chi connectivity index (χ0) is 98.5. The Bertz CT molecular complexity index is 10900. The highest BCUT2D eigenvalue weighted by molar-refractivity contribution is 7.92. The van der Waals surface area contributed by atoms with Gasteiger partial charge in [0.05, 0.1) is 79.5 Å². The SMILES string of the molecule is O=S1(=O)c2cc(-c3c4ccccc4c(-c4ccc5c(ccc6ccccc65)c4)c4ccccc34)ccc2-n2c(-c3ccccc3)nc3cccc1c32.O=S1(=O)c2cc(-c3c4ccccc4c(-c4ccc5ccc6ccccc6c5c4)c4ccccc34)ccc2-n2c(-c3ccccc3)nc3cccc1c32.O=S1(=O)c2cc(-c3c4ccccc4c(-c4cccnc4)c4ccccc34)ccc2-n2c(-c3ccccc3)nc3cccc1c32. The number of pyridine rings is 1. The van der Waals surface area contributed by atoms with Gasteiger partial charge in [-0.25, -0.2) is 40.2 Å². The molecule has 148 heavy (non-hydrogen) atoms. The first-order chi connectivity index (χ1) is 72.7. The van der Waals surface area contributed by atoms with Gasteiger partial charge in [0.1, 0.15) is 17.5 Å². The molecule has 0 N–H and O–H groups in total. The van der Waals surface area contributed by atoms with Crippen LogP contribution in [0.5, 0.6) is 0 Å². The second-order valence-corrected chi connectivity index (χ2v) is 43.7. The molecule has 4 aromatic heterocycles. The van der Waals surface area contributed by atoms with Crippen molar-refractivity contribution in [1.82, 2.24) is 33.6 Å². The summed E-state index contributed by atoms with van der Waals surface area (Å²) in [6.45, 7) is 0. The molecule has 24 aromatic carbocycles. The largest absolute Gasteiger partial charge is 0.290 e. The van der Waals surface area contributed by atoms with Crippen LogP contribution in [0.4, 0.5) is 0 Å². The number of benzene rings is 24. The lowest BCUT2D eigenvalue weighted by Crippen LogP contribution is -2.15. The molecule has 0 saturated heterocycles. The highest BCUT2D eigenvalue weighted by atomic mass is 32.2. The van der Waals surface area contributed by atoms with Crippen LogP contribution in [-0.4, -0.2) is 58.9 Å². The molecule has 0 saturated carbocycles. The minimum Gasteiger partial charge on any atom is -0.290 e. The Morgan fingerprint density at radius 1 is 0.169 bits per heavy atom. The number of nitrogens with zero attached hydrogens (tertiary/aromatic N) is 7. The number of aromatic nitrogens is 7. The van der Waals surface area contributed by atoms with Crippen molar-refractivity contribution in [2.45, 2.75) is 29.4 Å². The van der Waals surface area contributed by atoms with E-state index in [1.807, 2.05) is 202 Å². The van der Waals surface area contributed by atoms with E-state index in [1.54, 1.807) is 42.6 Å². The quantitative estimate of drug-likeness (QED) is 0.100. The molecular weight excluding hydrogens is 1880 g/mol. The minimum absolute atomic E-state index is 0.273. The average Bonchev–Trinajstić information content (AvgIpc) is 1.34. The van der Waals surface area contributed by atoms with Crippen molar-refractivity contribution in [2.75, 3.05) is 0 Å². The van der Waals surface area contributed by atoms with Crippen LogP contribution in [0.1, 0.15) is 0 Å². The van der Waals surface area contributed by atoms with Crippen LogP contribution < -0.4 is 0 Å². The van der Waals surface area contributed by atoms with Crippen molar-refractivity contribution in [1.29, 1.82) is 0 Å². The summed E-state index contributed by atoms with van der Waals surface area (Å²) in [5.41, 5.74) is 20.7. The molecule has 0 spiro atoms. The van der Waals surface area contributed by atoms with Crippen molar-refractivity contribution in [3.8, 4) is 118 Å². The summed E-state index contributed by atoms with van der Waals surface area (Å²) in [6, 6.07) is 158. The zero-order valence-electron chi connectivity index (χ0n) is 78.9. The van der Waals surface area contributed by atoms with Crippen LogP contribution in [0.2, 0.25) is 0 Å². The van der Waals surface area contributed by atoms with Crippen LogP contribution in [0, 0.1) is 0 Å². The molecule has 3 aliphatic rings. The predicted octanol–water partition coefficient (Wildman–Crippen LogP) is 32.4. The topological polar surface area (TPSA) is 169 Å². The first-order valence-corrected chi connectivity index (χ1v) is 53.6. The normalized spacial score (nSPS) is 13.3. The fourth-order valence-electron chi connectivity index (χ4n) is 23.6. The zero-order valence-corrected chi connectivity index (χ0v) is 81.4. The van der Waals surface area contributed by atoms with E-state index in [1.165, 1.54) is 43.1 Å². The van der Waals surface area contributed by atoms with Gasteiger partial charge < -0.3 is 0 Å². The molecule has 16 heteroatoms. The number of fused-ring (bicyclic) bond motifs is 18. The number of hydrogen-bond acceptors (Lipinski definition) is 10. The van der Waals surface area contributed by atoms with Gasteiger partial charge in [0.15, 0.2) is 0 Å². The summed E-state index contributed by atoms with van der Waals surface area (Å²) in [5.74, 6) is 2.15. The number of para-hydroxylation sites is 3. The summed E-state index contributed by atoms with van der Waals surface area (Å²) in [5, 5.41) is 22.8. The third-order valence-electron chi connectivity index (χ3n) is 30.0. The van der Waals surface area contributed by atoms with E-state index in [9.17, 15) is 25.3 Å². The van der Waals surface area contributed by atoms with E-state index in [0.717, 1.165) is 160 Å². The van der Waals surface area contributed by atoms with Gasteiger partial charge in [-0.2, -0.15) is 0 Å². The molecule has 696 valence electrons. The maximum atomic E-state index is 14.5. The van der Waals surface area contributed by atoms with Crippen LogP contribution in [0.25, 0.3) is 259 Å². The molecular formula is C132H79N7O6S3. The van der Waals surface area contributed by atoms with Crippen molar-refractivity contribution in [2.24, 2.45) is 0 Å². The van der Waals surface area contributed by atoms with Gasteiger partial charge in [-0.3, -0.25) is 18.7 Å². The number of sulfone groups is 3. The van der Waals surface area contributed by atoms with E-state index < -0.39 is 29.5 Å². The lowest BCUT2D eigenvalue weighted by atomic mass is 9.85. The van der Waals surface area contributed by atoms with Crippen LogP contribution in [-0.2, 0) is 29.5 Å². The Morgan fingerprint density at radius 3 is 0.750 bits per heavy atom. The minimum atomic E-state index is -3.86. The predicted molar refractivity (Wildman–Crippen MR) is 601 cm³/mol. The van der Waals surface area contributed by atoms with Crippen molar-refractivity contribution >= 4 is 170 Å². The van der Waals surface area contributed by atoms with Gasteiger partial charge in [0.2, 0.25) is 29.5 Å². The molecule has 0 aliphatic carbocycles. The smallest absolute Gasteiger partial charge is 0.210 e. The maximum absolute atomic E-state index is 14.5. The Kier molecular flexibility index (Phi) is 19.3. The summed E-state index contributed by atoms with van der Waals surface area (Å²) < 4.78 is 92.8. The first kappa shape index (κ1) is 86.0. The standard InChI is InChI=1S/2C47H28N2O2S.C38H23N3O2S/c50-52(51)42-20-10-19-40-46(42)49(47(48-40)30-12-2-1-3-13-30)41-26-24-33(28-43(41)52)45-38-17-8-6-15-36(38)44(37-16-7-9-18-39(37)45)32-23-25-35-31(27-32)22-21-29-11-4-5-14-34(29)35;50-52(51)42-20-10-19-40-46(42)49(47(48-40)31-12-2-1-3-13-31)41-26-25-33(28-43(41)52)45-37-17-8-6-15-35(37)44(36-16-7-9-18-38(36)45)32-24-23-30-22-21-29-11-4-5-14-34(29)39(30)27-32;42-44(43)33-18-8-17-31-37(33)41(38(40-31)24-10-2-1-3-11-24)32-20-19-25(22-34(32)44)35-27-13-4-6-15-29(27)36(26-12-9-21-39-23-26)30-16-7-5-14-28(30)35/h2*1-28H;1-23H.